The highest BCUT2D eigenvalue weighted by atomic mass is 16.5. The Kier molecular flexibility index (Phi) is 4.99. The number of ether oxygens (including phenoxy) is 1. The third-order valence-electron chi connectivity index (χ3n) is 5.91. The SMILES string of the molecule is CC(=O)OCC1(c2ccc(-c3cccc4ccccc34)cc2)CCC(=O)CC1. The van der Waals surface area contributed by atoms with Gasteiger partial charge in [0.1, 0.15) is 12.4 Å². The van der Waals surface area contributed by atoms with Gasteiger partial charge in [0.15, 0.2) is 0 Å². The molecule has 0 heterocycles. The Balaban J connectivity index is 1.69. The summed E-state index contributed by atoms with van der Waals surface area (Å²) < 4.78 is 5.40. The van der Waals surface area contributed by atoms with Crippen molar-refractivity contribution in [2.24, 2.45) is 0 Å². The first-order chi connectivity index (χ1) is 13.6. The first-order valence-electron chi connectivity index (χ1n) is 9.81. The number of fused-ring (bicyclic) bond motifs is 1. The first kappa shape index (κ1) is 18.4. The number of ketones is 1. The molecule has 0 atom stereocenters. The fourth-order valence-corrected chi connectivity index (χ4v) is 4.24. The minimum absolute atomic E-state index is 0.267. The summed E-state index contributed by atoms with van der Waals surface area (Å²) >= 11 is 0. The molecule has 1 saturated carbocycles. The van der Waals surface area contributed by atoms with Crippen LogP contribution in [0.5, 0.6) is 0 Å². The van der Waals surface area contributed by atoms with Crippen molar-refractivity contribution in [3.05, 3.63) is 72.3 Å². The lowest BCUT2D eigenvalue weighted by molar-refractivity contribution is -0.143. The van der Waals surface area contributed by atoms with Gasteiger partial charge in [-0.1, -0.05) is 66.7 Å². The molecule has 0 saturated heterocycles. The predicted octanol–water partition coefficient (Wildman–Crippen LogP) is 5.45. The zero-order chi connectivity index (χ0) is 19.6. The van der Waals surface area contributed by atoms with Crippen molar-refractivity contribution in [3.63, 3.8) is 0 Å². The quantitative estimate of drug-likeness (QED) is 0.572. The zero-order valence-corrected chi connectivity index (χ0v) is 16.1. The predicted molar refractivity (Wildman–Crippen MR) is 111 cm³/mol. The van der Waals surface area contributed by atoms with Crippen LogP contribution in [0, 0.1) is 0 Å². The summed E-state index contributed by atoms with van der Waals surface area (Å²) in [5.74, 6) is 0.0227. The molecule has 0 N–H and O–H groups in total. The van der Waals surface area contributed by atoms with Gasteiger partial charge >= 0.3 is 5.97 Å². The van der Waals surface area contributed by atoms with Crippen molar-refractivity contribution < 1.29 is 14.3 Å². The minimum Gasteiger partial charge on any atom is -0.465 e. The molecule has 3 aromatic carbocycles. The molecule has 0 amide bonds. The average Bonchev–Trinajstić information content (AvgIpc) is 2.73. The van der Waals surface area contributed by atoms with E-state index in [1.807, 2.05) is 0 Å². The van der Waals surface area contributed by atoms with Crippen LogP contribution >= 0.6 is 0 Å². The van der Waals surface area contributed by atoms with Crippen LogP contribution in [-0.2, 0) is 19.7 Å². The van der Waals surface area contributed by atoms with Crippen molar-refractivity contribution in [2.75, 3.05) is 6.61 Å². The van der Waals surface area contributed by atoms with Gasteiger partial charge in [0.25, 0.3) is 0 Å². The van der Waals surface area contributed by atoms with E-state index < -0.39 is 0 Å². The topological polar surface area (TPSA) is 43.4 Å². The van der Waals surface area contributed by atoms with Gasteiger partial charge in [-0.25, -0.2) is 0 Å². The van der Waals surface area contributed by atoms with Gasteiger partial charge in [-0.15, -0.1) is 0 Å². The van der Waals surface area contributed by atoms with Crippen molar-refractivity contribution in [1.29, 1.82) is 0 Å². The van der Waals surface area contributed by atoms with Crippen LogP contribution in [-0.4, -0.2) is 18.4 Å². The summed E-state index contributed by atoms with van der Waals surface area (Å²) in [4.78, 5) is 23.2. The van der Waals surface area contributed by atoms with E-state index in [1.165, 1.54) is 23.3 Å². The summed E-state index contributed by atoms with van der Waals surface area (Å²) in [7, 11) is 0. The highest BCUT2D eigenvalue weighted by Gasteiger charge is 2.37. The summed E-state index contributed by atoms with van der Waals surface area (Å²) in [5, 5.41) is 2.46. The Bertz CT molecular complexity index is 1000. The van der Waals surface area contributed by atoms with Gasteiger partial charge < -0.3 is 4.74 Å². The molecule has 0 unspecified atom stereocenters. The van der Waals surface area contributed by atoms with E-state index in [9.17, 15) is 9.59 Å². The third kappa shape index (κ3) is 3.57. The molecule has 0 bridgehead atoms. The number of Topliss-reactive ketones (excluding diaryl/α,β-unsaturated/α-hetero) is 1. The number of hydrogen-bond acceptors (Lipinski definition) is 3. The zero-order valence-electron chi connectivity index (χ0n) is 16.1. The van der Waals surface area contributed by atoms with E-state index in [0.29, 0.717) is 25.2 Å². The van der Waals surface area contributed by atoms with Crippen molar-refractivity contribution in [3.8, 4) is 11.1 Å². The van der Waals surface area contributed by atoms with Gasteiger partial charge in [-0.3, -0.25) is 9.59 Å². The van der Waals surface area contributed by atoms with E-state index in [-0.39, 0.29) is 11.4 Å². The molecule has 4 rings (SSSR count). The second-order valence-electron chi connectivity index (χ2n) is 7.70. The molecule has 142 valence electrons. The monoisotopic (exact) mass is 372 g/mol. The maximum Gasteiger partial charge on any atom is 0.302 e. The van der Waals surface area contributed by atoms with Gasteiger partial charge in [-0.05, 0) is 40.3 Å². The van der Waals surface area contributed by atoms with E-state index in [2.05, 4.69) is 66.7 Å². The number of rotatable bonds is 4. The summed E-state index contributed by atoms with van der Waals surface area (Å²) in [6, 6.07) is 23.3. The molecule has 0 aliphatic heterocycles. The molecule has 3 aromatic rings. The number of esters is 1. The summed E-state index contributed by atoms with van der Waals surface area (Å²) in [5.41, 5.74) is 3.24. The molecule has 0 spiro atoms. The van der Waals surface area contributed by atoms with Gasteiger partial charge in [0.05, 0.1) is 0 Å². The summed E-state index contributed by atoms with van der Waals surface area (Å²) in [6.07, 6.45) is 2.55. The second kappa shape index (κ2) is 7.59. The van der Waals surface area contributed by atoms with Crippen LogP contribution in [0.4, 0.5) is 0 Å². The number of carbonyl (C=O) groups is 2. The Morgan fingerprint density at radius 1 is 0.929 bits per heavy atom. The van der Waals surface area contributed by atoms with Crippen LogP contribution in [0.1, 0.15) is 38.2 Å². The fraction of sp³-hybridized carbons (Fsp3) is 0.280. The van der Waals surface area contributed by atoms with Crippen molar-refractivity contribution in [2.45, 2.75) is 38.0 Å². The smallest absolute Gasteiger partial charge is 0.302 e. The van der Waals surface area contributed by atoms with Gasteiger partial charge in [-0.2, -0.15) is 0 Å². The largest absolute Gasteiger partial charge is 0.465 e. The molecule has 3 heteroatoms. The molecular weight excluding hydrogens is 348 g/mol. The molecular formula is C25H24O3. The second-order valence-corrected chi connectivity index (χ2v) is 7.70. The number of benzene rings is 3. The Morgan fingerprint density at radius 2 is 1.61 bits per heavy atom. The fourth-order valence-electron chi connectivity index (χ4n) is 4.24. The minimum atomic E-state index is -0.274. The maximum absolute atomic E-state index is 11.8. The van der Waals surface area contributed by atoms with Crippen LogP contribution in [0.25, 0.3) is 21.9 Å². The lowest BCUT2D eigenvalue weighted by Gasteiger charge is -2.36. The van der Waals surface area contributed by atoms with Crippen molar-refractivity contribution in [1.82, 2.24) is 0 Å². The normalized spacial score (nSPS) is 16.1. The van der Waals surface area contributed by atoms with Crippen LogP contribution in [0.3, 0.4) is 0 Å². The molecule has 3 nitrogen and oxygen atoms in total. The summed E-state index contributed by atoms with van der Waals surface area (Å²) in [6.45, 7) is 1.77. The molecule has 0 radical (unpaired) electrons. The Hall–Kier alpha value is -2.94. The standard InChI is InChI=1S/C25H24O3/c1-18(26)28-17-25(15-13-22(27)14-16-25)21-11-9-20(10-12-21)24-8-4-6-19-5-2-3-7-23(19)24/h2-12H,13-17H2,1H3. The first-order valence-corrected chi connectivity index (χ1v) is 9.81. The maximum atomic E-state index is 11.8. The highest BCUT2D eigenvalue weighted by molar-refractivity contribution is 5.96. The lowest BCUT2D eigenvalue weighted by atomic mass is 9.69. The van der Waals surface area contributed by atoms with Crippen molar-refractivity contribution >= 4 is 22.5 Å². The third-order valence-corrected chi connectivity index (χ3v) is 5.91. The van der Waals surface area contributed by atoms with E-state index in [1.54, 1.807) is 0 Å². The average molecular weight is 372 g/mol. The molecule has 1 aliphatic rings. The van der Waals surface area contributed by atoms with Crippen LogP contribution in [0.2, 0.25) is 0 Å². The number of hydrogen-bond donors (Lipinski definition) is 0. The highest BCUT2D eigenvalue weighted by Crippen LogP contribution is 2.40. The van der Waals surface area contributed by atoms with Crippen LogP contribution < -0.4 is 0 Å². The van der Waals surface area contributed by atoms with Gasteiger partial charge in [0.2, 0.25) is 0 Å². The Labute approximate surface area is 165 Å². The molecule has 1 aliphatic carbocycles. The molecule has 0 aromatic heterocycles. The van der Waals surface area contributed by atoms with Gasteiger partial charge in [0, 0.05) is 25.2 Å². The Morgan fingerprint density at radius 3 is 2.32 bits per heavy atom. The lowest BCUT2D eigenvalue weighted by Crippen LogP contribution is -2.37. The van der Waals surface area contributed by atoms with E-state index >= 15 is 0 Å². The van der Waals surface area contributed by atoms with E-state index in [0.717, 1.165) is 24.0 Å². The molecule has 28 heavy (non-hydrogen) atoms. The molecule has 1 fully saturated rings. The van der Waals surface area contributed by atoms with E-state index in [4.69, 9.17) is 4.74 Å². The van der Waals surface area contributed by atoms with Crippen LogP contribution in [0.15, 0.2) is 66.7 Å². The number of carbonyl (C=O) groups excluding carboxylic acids is 2.